The first-order chi connectivity index (χ1) is 13.0. The van der Waals surface area contributed by atoms with Crippen molar-refractivity contribution in [3.05, 3.63) is 39.9 Å². The van der Waals surface area contributed by atoms with Crippen LogP contribution in [0.2, 0.25) is 0 Å². The number of amides is 1. The van der Waals surface area contributed by atoms with Gasteiger partial charge in [-0.05, 0) is 37.7 Å². The Hall–Kier alpha value is -2.55. The molecule has 0 saturated carbocycles. The van der Waals surface area contributed by atoms with Crippen molar-refractivity contribution in [3.63, 3.8) is 0 Å². The van der Waals surface area contributed by atoms with E-state index in [1.54, 1.807) is 11.8 Å². The van der Waals surface area contributed by atoms with Crippen LogP contribution in [-0.2, 0) is 11.2 Å². The Morgan fingerprint density at radius 2 is 2.19 bits per heavy atom. The summed E-state index contributed by atoms with van der Waals surface area (Å²) in [7, 11) is 0. The number of aromatic nitrogens is 4. The summed E-state index contributed by atoms with van der Waals surface area (Å²) in [6.45, 7) is 3.75. The highest BCUT2D eigenvalue weighted by Crippen LogP contribution is 2.38. The molecule has 1 amide bonds. The van der Waals surface area contributed by atoms with Crippen molar-refractivity contribution < 1.29 is 14.1 Å². The van der Waals surface area contributed by atoms with E-state index in [2.05, 4.69) is 20.3 Å². The van der Waals surface area contributed by atoms with Crippen LogP contribution in [0.5, 0.6) is 0 Å². The number of aryl methyl sites for hydroxylation is 1. The summed E-state index contributed by atoms with van der Waals surface area (Å²) >= 11 is 0. The first-order valence-electron chi connectivity index (χ1n) is 9.31. The molecule has 1 spiro atoms. The first-order valence-corrected chi connectivity index (χ1v) is 9.31. The average Bonchev–Trinajstić information content (AvgIpc) is 3.07. The van der Waals surface area contributed by atoms with E-state index in [0.717, 1.165) is 44.5 Å². The Morgan fingerprint density at radius 3 is 2.85 bits per heavy atom. The minimum atomic E-state index is -0.317. The zero-order valence-electron chi connectivity index (χ0n) is 15.3. The summed E-state index contributed by atoms with van der Waals surface area (Å²) in [6.07, 6.45) is 4.32. The van der Waals surface area contributed by atoms with Crippen LogP contribution >= 0.6 is 0 Å². The second-order valence-corrected chi connectivity index (χ2v) is 7.42. The number of H-pyrrole nitrogens is 1. The summed E-state index contributed by atoms with van der Waals surface area (Å²) in [6, 6.07) is 2.78. The maximum absolute atomic E-state index is 12.6. The van der Waals surface area contributed by atoms with Crippen molar-refractivity contribution in [3.8, 4) is 0 Å². The molecular weight excluding hydrogens is 350 g/mol. The van der Waals surface area contributed by atoms with Gasteiger partial charge >= 0.3 is 0 Å². The number of carbonyl (C=O) groups excluding carboxylic acids is 1. The van der Waals surface area contributed by atoms with Crippen molar-refractivity contribution in [1.29, 1.82) is 0 Å². The Morgan fingerprint density at radius 1 is 1.37 bits per heavy atom. The molecule has 4 rings (SSSR count). The number of aromatic amines is 1. The number of carbonyl (C=O) groups is 1. The van der Waals surface area contributed by atoms with Crippen LogP contribution in [-0.4, -0.2) is 56.4 Å². The quantitative estimate of drug-likeness (QED) is 0.857. The molecule has 1 unspecified atom stereocenters. The van der Waals surface area contributed by atoms with E-state index in [0.29, 0.717) is 24.9 Å². The number of ether oxygens (including phenoxy) is 1. The van der Waals surface area contributed by atoms with Gasteiger partial charge in [0.15, 0.2) is 5.82 Å². The highest BCUT2D eigenvalue weighted by molar-refractivity contribution is 5.92. The van der Waals surface area contributed by atoms with Crippen molar-refractivity contribution in [1.82, 2.24) is 25.2 Å². The van der Waals surface area contributed by atoms with Crippen molar-refractivity contribution in [2.24, 2.45) is 5.92 Å². The predicted octanol–water partition coefficient (Wildman–Crippen LogP) is 1.11. The van der Waals surface area contributed by atoms with Gasteiger partial charge in [-0.25, -0.2) is 5.10 Å². The molecule has 0 radical (unpaired) electrons. The van der Waals surface area contributed by atoms with Gasteiger partial charge in [-0.3, -0.25) is 9.59 Å². The molecule has 9 nitrogen and oxygen atoms in total. The van der Waals surface area contributed by atoms with E-state index in [9.17, 15) is 9.59 Å². The molecule has 2 fully saturated rings. The lowest BCUT2D eigenvalue weighted by molar-refractivity contribution is -0.123. The lowest BCUT2D eigenvalue weighted by Crippen LogP contribution is -2.51. The molecule has 144 valence electrons. The van der Waals surface area contributed by atoms with Crippen molar-refractivity contribution >= 4 is 5.91 Å². The van der Waals surface area contributed by atoms with Gasteiger partial charge in [-0.2, -0.15) is 10.1 Å². The number of hydrogen-bond donors (Lipinski definition) is 1. The SMILES string of the molecule is Cc1nc(CC2CCOC3(CCN(C(=O)c4ccc(=O)[nH]n4)CC3)C2)no1. The second kappa shape index (κ2) is 7.22. The van der Waals surface area contributed by atoms with Crippen LogP contribution in [0.3, 0.4) is 0 Å². The van der Waals surface area contributed by atoms with E-state index in [1.165, 1.54) is 12.1 Å². The summed E-state index contributed by atoms with van der Waals surface area (Å²) in [5, 5.41) is 10.2. The molecule has 0 aromatic carbocycles. The second-order valence-electron chi connectivity index (χ2n) is 7.42. The average molecular weight is 373 g/mol. The van der Waals surface area contributed by atoms with Crippen LogP contribution in [0.25, 0.3) is 0 Å². The van der Waals surface area contributed by atoms with Gasteiger partial charge in [0.25, 0.3) is 11.5 Å². The fourth-order valence-electron chi connectivity index (χ4n) is 4.08. The number of piperidine rings is 1. The van der Waals surface area contributed by atoms with Crippen LogP contribution < -0.4 is 5.56 Å². The van der Waals surface area contributed by atoms with E-state index in [-0.39, 0.29) is 22.8 Å². The normalized spacial score (nSPS) is 22.1. The van der Waals surface area contributed by atoms with E-state index in [1.807, 2.05) is 0 Å². The molecular formula is C18H23N5O4. The van der Waals surface area contributed by atoms with Crippen molar-refractivity contribution in [2.45, 2.75) is 44.6 Å². The lowest BCUT2D eigenvalue weighted by atomic mass is 9.78. The molecule has 2 aromatic rings. The molecule has 0 bridgehead atoms. The van der Waals surface area contributed by atoms with Gasteiger partial charge < -0.3 is 14.2 Å². The van der Waals surface area contributed by atoms with Gasteiger partial charge in [0.2, 0.25) is 5.89 Å². The van der Waals surface area contributed by atoms with Crippen molar-refractivity contribution in [2.75, 3.05) is 19.7 Å². The van der Waals surface area contributed by atoms with Gasteiger partial charge in [0.1, 0.15) is 5.69 Å². The number of nitrogens with zero attached hydrogens (tertiary/aromatic N) is 4. The number of likely N-dealkylation sites (tertiary alicyclic amines) is 1. The zero-order chi connectivity index (χ0) is 18.9. The van der Waals surface area contributed by atoms with Gasteiger partial charge in [0, 0.05) is 39.1 Å². The minimum Gasteiger partial charge on any atom is -0.375 e. The predicted molar refractivity (Wildman–Crippen MR) is 94.1 cm³/mol. The summed E-state index contributed by atoms with van der Waals surface area (Å²) < 4.78 is 11.2. The third-order valence-electron chi connectivity index (χ3n) is 5.50. The molecule has 27 heavy (non-hydrogen) atoms. The topological polar surface area (TPSA) is 114 Å². The highest BCUT2D eigenvalue weighted by Gasteiger charge is 2.41. The molecule has 0 aliphatic carbocycles. The van der Waals surface area contributed by atoms with Gasteiger partial charge in [-0.1, -0.05) is 5.16 Å². The van der Waals surface area contributed by atoms with E-state index >= 15 is 0 Å². The minimum absolute atomic E-state index is 0.157. The number of nitrogens with one attached hydrogen (secondary N) is 1. The number of rotatable bonds is 3. The molecule has 2 aromatic heterocycles. The van der Waals surface area contributed by atoms with Gasteiger partial charge in [0.05, 0.1) is 5.60 Å². The molecule has 1 N–H and O–H groups in total. The highest BCUT2D eigenvalue weighted by atomic mass is 16.5. The summed E-state index contributed by atoms with van der Waals surface area (Å²) in [5.41, 5.74) is -0.236. The lowest BCUT2D eigenvalue weighted by Gasteiger charge is -2.46. The standard InChI is InChI=1S/C18H23N5O4/c1-12-19-15(22-27-12)10-13-4-9-26-18(11-13)5-7-23(8-6-18)17(25)14-2-3-16(24)21-20-14/h2-3,13H,4-11H2,1H3,(H,21,24). The summed E-state index contributed by atoms with van der Waals surface area (Å²) in [4.78, 5) is 29.8. The Balaban J connectivity index is 1.36. The van der Waals surface area contributed by atoms with Crippen LogP contribution in [0.15, 0.2) is 21.5 Å². The van der Waals surface area contributed by atoms with Gasteiger partial charge in [-0.15, -0.1) is 0 Å². The maximum Gasteiger partial charge on any atom is 0.274 e. The third-order valence-corrected chi connectivity index (χ3v) is 5.50. The van der Waals surface area contributed by atoms with Crippen LogP contribution in [0, 0.1) is 12.8 Å². The largest absolute Gasteiger partial charge is 0.375 e. The first kappa shape index (κ1) is 17.8. The van der Waals surface area contributed by atoms with E-state index in [4.69, 9.17) is 9.26 Å². The molecule has 9 heteroatoms. The third kappa shape index (κ3) is 3.92. The molecule has 1 atom stereocenters. The Bertz CT molecular complexity index is 848. The van der Waals surface area contributed by atoms with E-state index < -0.39 is 0 Å². The Kier molecular flexibility index (Phi) is 4.77. The van der Waals surface area contributed by atoms with Crippen LogP contribution in [0.1, 0.15) is 47.9 Å². The van der Waals surface area contributed by atoms with Crippen LogP contribution in [0.4, 0.5) is 0 Å². The Labute approximate surface area is 156 Å². The molecule has 2 saturated heterocycles. The maximum atomic E-state index is 12.6. The fraction of sp³-hybridized carbons (Fsp3) is 0.611. The fourth-order valence-corrected chi connectivity index (χ4v) is 4.08. The summed E-state index contributed by atoms with van der Waals surface area (Å²) in [5.74, 6) is 1.65. The smallest absolute Gasteiger partial charge is 0.274 e. The number of hydrogen-bond acceptors (Lipinski definition) is 7. The zero-order valence-corrected chi connectivity index (χ0v) is 15.3. The molecule has 2 aliphatic rings. The molecule has 4 heterocycles. The monoisotopic (exact) mass is 373 g/mol. The molecule has 2 aliphatic heterocycles.